The number of hydrogen-bond acceptors (Lipinski definition) is 4. The highest BCUT2D eigenvalue weighted by Gasteiger charge is 2.11. The molecule has 1 unspecified atom stereocenters. The van der Waals surface area contributed by atoms with Gasteiger partial charge in [-0.2, -0.15) is 5.26 Å². The molecule has 0 aliphatic rings. The summed E-state index contributed by atoms with van der Waals surface area (Å²) in [5.74, 6) is 0.609. The highest BCUT2D eigenvalue weighted by Crippen LogP contribution is 1.99. The predicted molar refractivity (Wildman–Crippen MR) is 63.4 cm³/mol. The molecular weight excluding hydrogens is 188 g/mol. The van der Waals surface area contributed by atoms with Gasteiger partial charge in [0.15, 0.2) is 0 Å². The van der Waals surface area contributed by atoms with Crippen LogP contribution in [0.1, 0.15) is 13.8 Å². The van der Waals surface area contributed by atoms with Gasteiger partial charge in [0.2, 0.25) is 0 Å². The first-order valence-corrected chi connectivity index (χ1v) is 5.48. The van der Waals surface area contributed by atoms with Crippen LogP contribution in [0.2, 0.25) is 0 Å². The molecule has 0 radical (unpaired) electrons. The summed E-state index contributed by atoms with van der Waals surface area (Å²) in [6, 6.07) is 1.71. The molecule has 15 heavy (non-hydrogen) atoms. The van der Waals surface area contributed by atoms with Crippen LogP contribution in [0.5, 0.6) is 0 Å². The van der Waals surface area contributed by atoms with Gasteiger partial charge in [-0.25, -0.2) is 0 Å². The molecule has 4 heteroatoms. The first kappa shape index (κ1) is 14.4. The summed E-state index contributed by atoms with van der Waals surface area (Å²) in [6.07, 6.45) is 0. The van der Waals surface area contributed by atoms with Gasteiger partial charge in [-0.15, -0.1) is 0 Å². The van der Waals surface area contributed by atoms with Crippen molar-refractivity contribution in [3.63, 3.8) is 0 Å². The minimum Gasteiger partial charge on any atom is -0.315 e. The molecule has 0 aromatic carbocycles. The molecule has 88 valence electrons. The second-order valence-corrected chi connectivity index (χ2v) is 4.69. The SMILES string of the molecule is CC(C)CN(CCN(C)C)CC(N)C#N. The maximum Gasteiger partial charge on any atom is 0.106 e. The normalized spacial score (nSPS) is 13.5. The van der Waals surface area contributed by atoms with E-state index in [9.17, 15) is 0 Å². The maximum atomic E-state index is 8.68. The zero-order valence-corrected chi connectivity index (χ0v) is 10.4. The average Bonchev–Trinajstić information content (AvgIpc) is 2.13. The number of nitrogens with two attached hydrogens (primary N) is 1. The Morgan fingerprint density at radius 1 is 1.20 bits per heavy atom. The lowest BCUT2D eigenvalue weighted by atomic mass is 10.2. The Morgan fingerprint density at radius 3 is 2.20 bits per heavy atom. The molecule has 0 heterocycles. The molecule has 0 amide bonds. The molecular formula is C11H24N4. The van der Waals surface area contributed by atoms with Crippen LogP contribution in [0.4, 0.5) is 0 Å². The van der Waals surface area contributed by atoms with Gasteiger partial charge in [-0.3, -0.25) is 4.90 Å². The minimum absolute atomic E-state index is 0.370. The molecule has 0 aromatic rings. The fraction of sp³-hybridized carbons (Fsp3) is 0.909. The first-order chi connectivity index (χ1) is 6.95. The molecule has 0 spiro atoms. The van der Waals surface area contributed by atoms with Crippen LogP contribution in [-0.4, -0.2) is 56.1 Å². The Morgan fingerprint density at radius 2 is 1.80 bits per heavy atom. The van der Waals surface area contributed by atoms with E-state index in [2.05, 4.69) is 43.8 Å². The van der Waals surface area contributed by atoms with Gasteiger partial charge in [-0.1, -0.05) is 13.8 Å². The molecule has 0 saturated heterocycles. The number of hydrogen-bond donors (Lipinski definition) is 1. The van der Waals surface area contributed by atoms with Gasteiger partial charge >= 0.3 is 0 Å². The maximum absolute atomic E-state index is 8.68. The fourth-order valence-corrected chi connectivity index (χ4v) is 1.43. The highest BCUT2D eigenvalue weighted by atomic mass is 15.2. The Labute approximate surface area is 93.6 Å². The van der Waals surface area contributed by atoms with Crippen LogP contribution in [0.25, 0.3) is 0 Å². The van der Waals surface area contributed by atoms with Gasteiger partial charge in [0.1, 0.15) is 6.04 Å². The van der Waals surface area contributed by atoms with Gasteiger partial charge < -0.3 is 10.6 Å². The van der Waals surface area contributed by atoms with Crippen LogP contribution in [0.3, 0.4) is 0 Å². The van der Waals surface area contributed by atoms with Crippen LogP contribution in [0.15, 0.2) is 0 Å². The van der Waals surface area contributed by atoms with Gasteiger partial charge in [0.25, 0.3) is 0 Å². The van der Waals surface area contributed by atoms with Crippen molar-refractivity contribution < 1.29 is 0 Å². The van der Waals surface area contributed by atoms with E-state index in [0.717, 1.165) is 19.6 Å². The molecule has 0 aromatic heterocycles. The highest BCUT2D eigenvalue weighted by molar-refractivity contribution is 4.89. The van der Waals surface area contributed by atoms with Crippen molar-refractivity contribution in [2.75, 3.05) is 40.3 Å². The summed E-state index contributed by atoms with van der Waals surface area (Å²) in [7, 11) is 4.11. The molecule has 0 rings (SSSR count). The topological polar surface area (TPSA) is 56.3 Å². The molecule has 0 aliphatic heterocycles. The van der Waals surface area contributed by atoms with Crippen LogP contribution in [-0.2, 0) is 0 Å². The van der Waals surface area contributed by atoms with Crippen molar-refractivity contribution in [3.05, 3.63) is 0 Å². The van der Waals surface area contributed by atoms with E-state index in [0.29, 0.717) is 12.5 Å². The van der Waals surface area contributed by atoms with Crippen molar-refractivity contribution in [1.82, 2.24) is 9.80 Å². The smallest absolute Gasteiger partial charge is 0.106 e. The van der Waals surface area contributed by atoms with E-state index in [1.54, 1.807) is 0 Å². The summed E-state index contributed by atoms with van der Waals surface area (Å²) < 4.78 is 0. The quantitative estimate of drug-likeness (QED) is 0.662. The standard InChI is InChI=1S/C11H24N4/c1-10(2)8-15(6-5-14(3)4)9-11(13)7-12/h10-11H,5-6,8-9,13H2,1-4H3. The van der Waals surface area contributed by atoms with Gasteiger partial charge in [0.05, 0.1) is 6.07 Å². The number of rotatable bonds is 7. The summed E-state index contributed by atoms with van der Waals surface area (Å²) in [5.41, 5.74) is 5.64. The Bertz CT molecular complexity index is 195. The van der Waals surface area contributed by atoms with Crippen molar-refractivity contribution in [2.45, 2.75) is 19.9 Å². The van der Waals surface area contributed by atoms with Crippen LogP contribution >= 0.6 is 0 Å². The van der Waals surface area contributed by atoms with Crippen LogP contribution < -0.4 is 5.73 Å². The summed E-state index contributed by atoms with van der Waals surface area (Å²) >= 11 is 0. The van der Waals surface area contributed by atoms with Crippen molar-refractivity contribution in [1.29, 1.82) is 5.26 Å². The first-order valence-electron chi connectivity index (χ1n) is 5.48. The van der Waals surface area contributed by atoms with E-state index < -0.39 is 0 Å². The third kappa shape index (κ3) is 8.37. The number of nitriles is 1. The number of likely N-dealkylation sites (N-methyl/N-ethyl adjacent to an activating group) is 1. The number of nitrogens with zero attached hydrogens (tertiary/aromatic N) is 3. The van der Waals surface area contributed by atoms with E-state index in [1.807, 2.05) is 0 Å². The summed E-state index contributed by atoms with van der Waals surface area (Å²) in [5, 5.41) is 8.68. The summed E-state index contributed by atoms with van der Waals surface area (Å²) in [6.45, 7) is 8.01. The molecule has 0 fully saturated rings. The zero-order valence-electron chi connectivity index (χ0n) is 10.4. The lowest BCUT2D eigenvalue weighted by molar-refractivity contribution is 0.216. The molecule has 0 bridgehead atoms. The fourth-order valence-electron chi connectivity index (χ4n) is 1.43. The third-order valence-corrected chi connectivity index (χ3v) is 2.11. The lowest BCUT2D eigenvalue weighted by Crippen LogP contribution is -2.41. The largest absolute Gasteiger partial charge is 0.315 e. The van der Waals surface area contributed by atoms with Crippen molar-refractivity contribution >= 4 is 0 Å². The molecule has 4 nitrogen and oxygen atoms in total. The van der Waals surface area contributed by atoms with Gasteiger partial charge in [-0.05, 0) is 20.0 Å². The second kappa shape index (κ2) is 7.63. The summed E-state index contributed by atoms with van der Waals surface area (Å²) in [4.78, 5) is 4.41. The Balaban J connectivity index is 4.01. The van der Waals surface area contributed by atoms with Crippen molar-refractivity contribution in [2.24, 2.45) is 11.7 Å². The molecule has 0 saturated carbocycles. The molecule has 2 N–H and O–H groups in total. The molecule has 1 atom stereocenters. The van der Waals surface area contributed by atoms with E-state index in [-0.39, 0.29) is 6.04 Å². The lowest BCUT2D eigenvalue weighted by Gasteiger charge is -2.26. The Hall–Kier alpha value is -0.630. The van der Waals surface area contributed by atoms with Crippen LogP contribution in [0, 0.1) is 17.2 Å². The second-order valence-electron chi connectivity index (χ2n) is 4.69. The van der Waals surface area contributed by atoms with E-state index >= 15 is 0 Å². The van der Waals surface area contributed by atoms with Crippen molar-refractivity contribution in [3.8, 4) is 6.07 Å². The van der Waals surface area contributed by atoms with E-state index in [1.165, 1.54) is 0 Å². The minimum atomic E-state index is -0.370. The zero-order chi connectivity index (χ0) is 11.8. The third-order valence-electron chi connectivity index (χ3n) is 2.11. The monoisotopic (exact) mass is 212 g/mol. The average molecular weight is 212 g/mol. The molecule has 0 aliphatic carbocycles. The Kier molecular flexibility index (Phi) is 7.31. The van der Waals surface area contributed by atoms with E-state index in [4.69, 9.17) is 11.0 Å². The predicted octanol–water partition coefficient (Wildman–Crippen LogP) is 0.357. The van der Waals surface area contributed by atoms with Gasteiger partial charge in [0, 0.05) is 26.2 Å².